The highest BCUT2D eigenvalue weighted by Gasteiger charge is 2.20. The van der Waals surface area contributed by atoms with Crippen LogP contribution in [0.15, 0.2) is 34.7 Å². The number of thiazole rings is 1. The molecule has 136 valence electrons. The first kappa shape index (κ1) is 16.1. The van der Waals surface area contributed by atoms with Crippen LogP contribution in [0.4, 0.5) is 9.52 Å². The molecular weight excluding hydrogens is 371 g/mol. The van der Waals surface area contributed by atoms with Crippen LogP contribution in [0.3, 0.4) is 0 Å². The molecule has 1 aliphatic heterocycles. The molecule has 0 saturated carbocycles. The summed E-state index contributed by atoms with van der Waals surface area (Å²) in [5.41, 5.74) is 1.76. The van der Waals surface area contributed by atoms with E-state index in [0.29, 0.717) is 51.9 Å². The number of carbonyl (C=O) groups is 1. The van der Waals surface area contributed by atoms with Crippen molar-refractivity contribution in [1.29, 1.82) is 0 Å². The lowest BCUT2D eigenvalue weighted by Crippen LogP contribution is -2.15. The number of hydrogen-bond donors (Lipinski definition) is 1. The monoisotopic (exact) mass is 384 g/mol. The van der Waals surface area contributed by atoms with Crippen LogP contribution in [-0.4, -0.2) is 24.1 Å². The molecule has 4 aromatic rings. The highest BCUT2D eigenvalue weighted by Crippen LogP contribution is 2.38. The second kappa shape index (κ2) is 5.95. The van der Waals surface area contributed by atoms with Crippen molar-refractivity contribution in [1.82, 2.24) is 4.98 Å². The number of carbonyl (C=O) groups excluding carboxylic acids is 1. The topological polar surface area (TPSA) is 73.6 Å². The molecule has 2 aromatic carbocycles. The average molecular weight is 384 g/mol. The maximum atomic E-state index is 13.4. The van der Waals surface area contributed by atoms with Gasteiger partial charge in [0.1, 0.15) is 24.6 Å². The van der Waals surface area contributed by atoms with Crippen molar-refractivity contribution in [2.45, 2.75) is 6.92 Å². The summed E-state index contributed by atoms with van der Waals surface area (Å²) < 4.78 is 31.1. The van der Waals surface area contributed by atoms with Gasteiger partial charge in [-0.25, -0.2) is 9.37 Å². The maximum absolute atomic E-state index is 13.4. The molecule has 3 heterocycles. The zero-order chi connectivity index (χ0) is 18.5. The number of fused-ring (bicyclic) bond motifs is 3. The lowest BCUT2D eigenvalue weighted by atomic mass is 10.1. The van der Waals surface area contributed by atoms with E-state index in [-0.39, 0.29) is 11.6 Å². The Morgan fingerprint density at radius 1 is 1.19 bits per heavy atom. The summed E-state index contributed by atoms with van der Waals surface area (Å²) in [7, 11) is 0. The molecule has 27 heavy (non-hydrogen) atoms. The number of hydrogen-bond acceptors (Lipinski definition) is 6. The molecule has 1 N–H and O–H groups in total. The third kappa shape index (κ3) is 2.69. The van der Waals surface area contributed by atoms with Gasteiger partial charge in [-0.1, -0.05) is 11.3 Å². The van der Waals surface area contributed by atoms with Crippen molar-refractivity contribution in [3.05, 3.63) is 47.5 Å². The first-order valence-electron chi connectivity index (χ1n) is 8.29. The van der Waals surface area contributed by atoms with E-state index < -0.39 is 5.91 Å². The van der Waals surface area contributed by atoms with Gasteiger partial charge in [0.15, 0.2) is 22.4 Å². The number of ether oxygens (including phenoxy) is 2. The first-order valence-corrected chi connectivity index (χ1v) is 9.10. The number of rotatable bonds is 2. The Morgan fingerprint density at radius 3 is 2.78 bits per heavy atom. The second-order valence-electron chi connectivity index (χ2n) is 6.13. The molecule has 6 nitrogen and oxygen atoms in total. The Hall–Kier alpha value is -3.13. The maximum Gasteiger partial charge on any atom is 0.293 e. The van der Waals surface area contributed by atoms with Gasteiger partial charge in [0.2, 0.25) is 0 Å². The van der Waals surface area contributed by atoms with E-state index in [0.717, 1.165) is 4.70 Å². The number of nitrogens with zero attached hydrogens (tertiary/aromatic N) is 1. The molecule has 1 amide bonds. The lowest BCUT2D eigenvalue weighted by Gasteiger charge is -2.17. The highest BCUT2D eigenvalue weighted by atomic mass is 32.1. The van der Waals surface area contributed by atoms with Crippen molar-refractivity contribution in [2.24, 2.45) is 0 Å². The molecule has 5 rings (SSSR count). The summed E-state index contributed by atoms with van der Waals surface area (Å²) in [6.07, 6.45) is 0. The third-order valence-corrected chi connectivity index (χ3v) is 5.31. The summed E-state index contributed by atoms with van der Waals surface area (Å²) >= 11 is 1.33. The number of benzene rings is 2. The number of aryl methyl sites for hydroxylation is 1. The minimum Gasteiger partial charge on any atom is -0.486 e. The first-order chi connectivity index (χ1) is 13.1. The van der Waals surface area contributed by atoms with Crippen LogP contribution < -0.4 is 14.8 Å². The number of anilines is 1. The van der Waals surface area contributed by atoms with Gasteiger partial charge in [-0.15, -0.1) is 0 Å². The molecule has 0 spiro atoms. The van der Waals surface area contributed by atoms with Crippen molar-refractivity contribution >= 4 is 43.6 Å². The van der Waals surface area contributed by atoms with Crippen molar-refractivity contribution in [2.75, 3.05) is 18.5 Å². The van der Waals surface area contributed by atoms with Crippen LogP contribution in [0.1, 0.15) is 16.1 Å². The average Bonchev–Trinajstić information content (AvgIpc) is 3.19. The highest BCUT2D eigenvalue weighted by molar-refractivity contribution is 7.22. The van der Waals surface area contributed by atoms with Gasteiger partial charge in [0, 0.05) is 23.1 Å². The van der Waals surface area contributed by atoms with E-state index in [4.69, 9.17) is 13.9 Å². The van der Waals surface area contributed by atoms with E-state index in [9.17, 15) is 9.18 Å². The zero-order valence-corrected chi connectivity index (χ0v) is 15.0. The van der Waals surface area contributed by atoms with Crippen LogP contribution >= 0.6 is 11.3 Å². The molecular formula is C19H13FN2O4S. The Morgan fingerprint density at radius 2 is 1.96 bits per heavy atom. The molecule has 0 atom stereocenters. The predicted octanol–water partition coefficient (Wildman–Crippen LogP) is 4.51. The number of halogens is 1. The minimum absolute atomic E-state index is 0.140. The van der Waals surface area contributed by atoms with Crippen LogP contribution in [0.2, 0.25) is 0 Å². The van der Waals surface area contributed by atoms with Gasteiger partial charge in [-0.05, 0) is 25.1 Å². The quantitative estimate of drug-likeness (QED) is 0.550. The Balaban J connectivity index is 1.48. The fraction of sp³-hybridized carbons (Fsp3) is 0.158. The molecule has 0 bridgehead atoms. The minimum atomic E-state index is -0.430. The largest absolute Gasteiger partial charge is 0.486 e. The summed E-state index contributed by atoms with van der Waals surface area (Å²) in [5, 5.41) is 3.76. The van der Waals surface area contributed by atoms with Gasteiger partial charge in [-0.3, -0.25) is 10.1 Å². The van der Waals surface area contributed by atoms with Gasteiger partial charge in [-0.2, -0.15) is 0 Å². The summed E-state index contributed by atoms with van der Waals surface area (Å²) in [4.78, 5) is 17.1. The lowest BCUT2D eigenvalue weighted by molar-refractivity contribution is 0.0998. The molecule has 0 aliphatic carbocycles. The molecule has 0 unspecified atom stereocenters. The number of amides is 1. The number of furan rings is 1. The van der Waals surface area contributed by atoms with Gasteiger partial charge in [0.05, 0.1) is 10.2 Å². The standard InChI is InChI=1S/C19H13FN2O4S/c1-9-11-6-10(20)2-3-13(11)26-17(9)18(23)22-19-21-12-7-14-15(8-16(12)27-19)25-5-4-24-14/h2-3,6-8H,4-5H2,1H3,(H,21,22,23). The summed E-state index contributed by atoms with van der Waals surface area (Å²) in [5.74, 6) is 0.650. The summed E-state index contributed by atoms with van der Waals surface area (Å²) in [6.45, 7) is 2.73. The normalized spacial score (nSPS) is 13.3. The third-order valence-electron chi connectivity index (χ3n) is 4.38. The van der Waals surface area contributed by atoms with E-state index in [2.05, 4.69) is 10.3 Å². The SMILES string of the molecule is Cc1c(C(=O)Nc2nc3cc4c(cc3s2)OCCO4)oc2ccc(F)cc12. The van der Waals surface area contributed by atoms with Crippen LogP contribution in [-0.2, 0) is 0 Å². The molecule has 1 aliphatic rings. The molecule has 2 aromatic heterocycles. The number of nitrogens with one attached hydrogen (secondary N) is 1. The van der Waals surface area contributed by atoms with Crippen molar-refractivity contribution in [3.63, 3.8) is 0 Å². The molecule has 0 fully saturated rings. The van der Waals surface area contributed by atoms with Gasteiger partial charge >= 0.3 is 0 Å². The zero-order valence-electron chi connectivity index (χ0n) is 14.2. The molecule has 0 saturated heterocycles. The van der Waals surface area contributed by atoms with E-state index >= 15 is 0 Å². The van der Waals surface area contributed by atoms with Crippen molar-refractivity contribution < 1.29 is 23.1 Å². The summed E-state index contributed by atoms with van der Waals surface area (Å²) in [6, 6.07) is 7.81. The fourth-order valence-electron chi connectivity index (χ4n) is 3.08. The molecule has 8 heteroatoms. The van der Waals surface area contributed by atoms with E-state index in [1.54, 1.807) is 13.0 Å². The van der Waals surface area contributed by atoms with Gasteiger partial charge in [0.25, 0.3) is 5.91 Å². The Bertz CT molecular complexity index is 1170. The van der Waals surface area contributed by atoms with Crippen LogP contribution in [0.25, 0.3) is 21.2 Å². The van der Waals surface area contributed by atoms with Crippen LogP contribution in [0, 0.1) is 12.7 Å². The van der Waals surface area contributed by atoms with E-state index in [1.807, 2.05) is 6.07 Å². The Labute approximate surface area is 156 Å². The Kier molecular flexibility index (Phi) is 3.54. The van der Waals surface area contributed by atoms with E-state index in [1.165, 1.54) is 29.5 Å². The number of aromatic nitrogens is 1. The van der Waals surface area contributed by atoms with Gasteiger partial charge < -0.3 is 13.9 Å². The molecule has 0 radical (unpaired) electrons. The smallest absolute Gasteiger partial charge is 0.293 e. The predicted molar refractivity (Wildman–Crippen MR) is 99.5 cm³/mol. The van der Waals surface area contributed by atoms with Crippen LogP contribution in [0.5, 0.6) is 11.5 Å². The van der Waals surface area contributed by atoms with Crippen molar-refractivity contribution in [3.8, 4) is 11.5 Å². The second-order valence-corrected chi connectivity index (χ2v) is 7.16. The fourth-order valence-corrected chi connectivity index (χ4v) is 3.95.